The molecule has 1 aromatic carbocycles. The van der Waals surface area contributed by atoms with Crippen LogP contribution in [-0.4, -0.2) is 20.1 Å². The molecule has 1 saturated carbocycles. The summed E-state index contributed by atoms with van der Waals surface area (Å²) < 4.78 is 0. The lowest BCUT2D eigenvalue weighted by Crippen LogP contribution is -2.33. The fourth-order valence-electron chi connectivity index (χ4n) is 2.81. The van der Waals surface area contributed by atoms with E-state index in [4.69, 9.17) is 16.9 Å². The third kappa shape index (κ3) is 3.65. The summed E-state index contributed by atoms with van der Waals surface area (Å²) >= 11 is 6.23. The highest BCUT2D eigenvalue weighted by Gasteiger charge is 2.20. The molecule has 1 fully saturated rings. The second-order valence-corrected chi connectivity index (χ2v) is 5.46. The molecule has 0 saturated heterocycles. The number of halogens is 1. The molecule has 0 aliphatic heterocycles. The number of rotatable bonds is 2. The molecule has 0 spiro atoms. The van der Waals surface area contributed by atoms with Crippen molar-refractivity contribution in [1.29, 1.82) is 5.26 Å². The van der Waals surface area contributed by atoms with Crippen molar-refractivity contribution in [1.82, 2.24) is 0 Å². The summed E-state index contributed by atoms with van der Waals surface area (Å²) in [5.41, 5.74) is 7.24. The van der Waals surface area contributed by atoms with Crippen LogP contribution in [0.4, 0.5) is 5.69 Å². The molecule has 0 amide bonds. The fourth-order valence-corrected chi connectivity index (χ4v) is 3.01. The quantitative estimate of drug-likeness (QED) is 0.901. The highest BCUT2D eigenvalue weighted by atomic mass is 35.5. The van der Waals surface area contributed by atoms with Crippen molar-refractivity contribution in [2.24, 2.45) is 5.73 Å². The van der Waals surface area contributed by atoms with E-state index in [0.717, 1.165) is 11.3 Å². The third-order valence-corrected chi connectivity index (χ3v) is 4.47. The van der Waals surface area contributed by atoms with Gasteiger partial charge in [0.2, 0.25) is 0 Å². The van der Waals surface area contributed by atoms with Gasteiger partial charge in [0.25, 0.3) is 0 Å². The van der Waals surface area contributed by atoms with Crippen molar-refractivity contribution in [2.45, 2.75) is 45.1 Å². The standard InChI is InChI=1S/C15H19ClN2.CH5N/c1-11-14(9-8-12(10-17)15(11)16)18(2)13-6-4-3-5-7-13;1-2/h8-9,13H,3-7H2,1-2H3;2H2,1H3. The topological polar surface area (TPSA) is 53.0 Å². The molecule has 0 atom stereocenters. The summed E-state index contributed by atoms with van der Waals surface area (Å²) in [7, 11) is 3.64. The smallest absolute Gasteiger partial charge is 0.101 e. The number of nitrogens with zero attached hydrogens (tertiary/aromatic N) is 2. The summed E-state index contributed by atoms with van der Waals surface area (Å²) in [5.74, 6) is 0. The average molecular weight is 294 g/mol. The van der Waals surface area contributed by atoms with Gasteiger partial charge >= 0.3 is 0 Å². The molecule has 0 radical (unpaired) electrons. The third-order valence-electron chi connectivity index (χ3n) is 3.98. The van der Waals surface area contributed by atoms with Gasteiger partial charge in [0.05, 0.1) is 10.6 Å². The van der Waals surface area contributed by atoms with Gasteiger partial charge in [0.15, 0.2) is 0 Å². The first-order valence-corrected chi connectivity index (χ1v) is 7.52. The van der Waals surface area contributed by atoms with Crippen LogP contribution in [0.2, 0.25) is 5.02 Å². The van der Waals surface area contributed by atoms with E-state index < -0.39 is 0 Å². The van der Waals surface area contributed by atoms with Gasteiger partial charge in [-0.1, -0.05) is 30.9 Å². The van der Waals surface area contributed by atoms with E-state index in [1.807, 2.05) is 19.1 Å². The van der Waals surface area contributed by atoms with Gasteiger partial charge in [-0.05, 0) is 44.5 Å². The monoisotopic (exact) mass is 293 g/mol. The molecular weight excluding hydrogens is 270 g/mol. The van der Waals surface area contributed by atoms with E-state index in [1.54, 1.807) is 0 Å². The SMILES string of the molecule is CN.Cc1c(N(C)C2CCCCC2)ccc(C#N)c1Cl. The number of nitrogens with two attached hydrogens (primary N) is 1. The van der Waals surface area contributed by atoms with Crippen molar-refractivity contribution in [3.05, 3.63) is 28.3 Å². The van der Waals surface area contributed by atoms with Gasteiger partial charge in [-0.3, -0.25) is 0 Å². The molecule has 1 aliphatic carbocycles. The first-order chi connectivity index (χ1) is 9.65. The van der Waals surface area contributed by atoms with Crippen LogP contribution < -0.4 is 10.6 Å². The van der Waals surface area contributed by atoms with Crippen LogP contribution in [0.15, 0.2) is 12.1 Å². The molecule has 1 aromatic rings. The van der Waals surface area contributed by atoms with Crippen LogP contribution in [-0.2, 0) is 0 Å². The molecule has 0 heterocycles. The molecule has 0 bridgehead atoms. The van der Waals surface area contributed by atoms with E-state index >= 15 is 0 Å². The Balaban J connectivity index is 0.000000956. The molecular formula is C16H24ClN3. The van der Waals surface area contributed by atoms with Crippen molar-refractivity contribution < 1.29 is 0 Å². The molecule has 110 valence electrons. The van der Waals surface area contributed by atoms with Crippen LogP contribution >= 0.6 is 11.6 Å². The summed E-state index contributed by atoms with van der Waals surface area (Å²) in [6, 6.07) is 6.59. The van der Waals surface area contributed by atoms with E-state index in [9.17, 15) is 0 Å². The normalized spacial score (nSPS) is 15.0. The van der Waals surface area contributed by atoms with Crippen LogP contribution in [0, 0.1) is 18.3 Å². The van der Waals surface area contributed by atoms with Gasteiger partial charge in [-0.25, -0.2) is 0 Å². The minimum Gasteiger partial charge on any atom is -0.371 e. The minimum absolute atomic E-state index is 0.565. The van der Waals surface area contributed by atoms with Crippen molar-refractivity contribution in [3.8, 4) is 6.07 Å². The molecule has 2 rings (SSSR count). The lowest BCUT2D eigenvalue weighted by Gasteiger charge is -2.34. The Kier molecular flexibility index (Phi) is 6.84. The molecule has 20 heavy (non-hydrogen) atoms. The average Bonchev–Trinajstić information content (AvgIpc) is 2.52. The van der Waals surface area contributed by atoms with Gasteiger partial charge in [-0.2, -0.15) is 5.26 Å². The van der Waals surface area contributed by atoms with Crippen LogP contribution in [0.25, 0.3) is 0 Å². The Morgan fingerprint density at radius 3 is 2.40 bits per heavy atom. The number of hydrogen-bond acceptors (Lipinski definition) is 3. The second-order valence-electron chi connectivity index (χ2n) is 5.09. The second kappa shape index (κ2) is 8.14. The molecule has 3 nitrogen and oxygen atoms in total. The summed E-state index contributed by atoms with van der Waals surface area (Å²) in [6.07, 6.45) is 6.51. The van der Waals surface area contributed by atoms with Crippen LogP contribution in [0.1, 0.15) is 43.2 Å². The maximum atomic E-state index is 8.97. The van der Waals surface area contributed by atoms with Gasteiger partial charge < -0.3 is 10.6 Å². The van der Waals surface area contributed by atoms with Gasteiger partial charge in [0, 0.05) is 18.8 Å². The first-order valence-electron chi connectivity index (χ1n) is 7.15. The number of nitriles is 1. The Labute approximate surface area is 127 Å². The highest BCUT2D eigenvalue weighted by molar-refractivity contribution is 6.32. The molecule has 4 heteroatoms. The van der Waals surface area contributed by atoms with E-state index in [2.05, 4.69) is 23.8 Å². The molecule has 1 aliphatic rings. The van der Waals surface area contributed by atoms with E-state index in [1.165, 1.54) is 39.2 Å². The van der Waals surface area contributed by atoms with Crippen molar-refractivity contribution in [2.75, 3.05) is 19.0 Å². The van der Waals surface area contributed by atoms with Gasteiger partial charge in [0.1, 0.15) is 6.07 Å². The predicted octanol–water partition coefficient (Wildman–Crippen LogP) is 3.86. The van der Waals surface area contributed by atoms with Crippen LogP contribution in [0.5, 0.6) is 0 Å². The first kappa shape index (κ1) is 16.8. The zero-order valence-electron chi connectivity index (χ0n) is 12.6. The summed E-state index contributed by atoms with van der Waals surface area (Å²) in [4.78, 5) is 2.33. The largest absolute Gasteiger partial charge is 0.371 e. The predicted molar refractivity (Wildman–Crippen MR) is 86.3 cm³/mol. The van der Waals surface area contributed by atoms with Crippen molar-refractivity contribution in [3.63, 3.8) is 0 Å². The number of hydrogen-bond donors (Lipinski definition) is 1. The zero-order chi connectivity index (χ0) is 15.1. The Morgan fingerprint density at radius 2 is 1.85 bits per heavy atom. The number of benzene rings is 1. The maximum Gasteiger partial charge on any atom is 0.101 e. The lowest BCUT2D eigenvalue weighted by molar-refractivity contribution is 0.427. The zero-order valence-corrected chi connectivity index (χ0v) is 13.4. The molecule has 2 N–H and O–H groups in total. The maximum absolute atomic E-state index is 8.97. The van der Waals surface area contributed by atoms with E-state index in [0.29, 0.717) is 16.6 Å². The van der Waals surface area contributed by atoms with Crippen molar-refractivity contribution >= 4 is 17.3 Å². The van der Waals surface area contributed by atoms with E-state index in [-0.39, 0.29) is 0 Å². The highest BCUT2D eigenvalue weighted by Crippen LogP contribution is 2.32. The van der Waals surface area contributed by atoms with Gasteiger partial charge in [-0.15, -0.1) is 0 Å². The molecule has 0 aromatic heterocycles. The summed E-state index contributed by atoms with van der Waals surface area (Å²) in [5, 5.41) is 9.57. The Hall–Kier alpha value is -1.24. The lowest BCUT2D eigenvalue weighted by atomic mass is 9.93. The molecule has 0 unspecified atom stereocenters. The minimum atomic E-state index is 0.565. The Morgan fingerprint density at radius 1 is 1.25 bits per heavy atom. The fraction of sp³-hybridized carbons (Fsp3) is 0.562. The number of anilines is 1. The Bertz CT molecular complexity index is 473. The van der Waals surface area contributed by atoms with Crippen LogP contribution in [0.3, 0.4) is 0 Å². The summed E-state index contributed by atoms with van der Waals surface area (Å²) in [6.45, 7) is 2.00.